The summed E-state index contributed by atoms with van der Waals surface area (Å²) in [5.41, 5.74) is 0. The van der Waals surface area contributed by atoms with Crippen LogP contribution in [0.1, 0.15) is 29.4 Å². The molecule has 6 nitrogen and oxygen atoms in total. The van der Waals surface area contributed by atoms with Crippen LogP contribution in [0, 0.1) is 0 Å². The molecule has 2 atom stereocenters. The summed E-state index contributed by atoms with van der Waals surface area (Å²) < 4.78 is 36.7. The standard InChI is InChI=1S/C15H18F3N3O3S/c1-9(20-13(23)11-5-3-7-25-11)14(24)21-6-2-4-10(21)12(22)19-8-15(16,17)18/h3,5,7,9-10H,2,4,6,8H2,1H3,(H,19,22)(H,20,23)/t9-,10-/m1/s1. The molecule has 138 valence electrons. The fraction of sp³-hybridized carbons (Fsp3) is 0.533. The molecule has 2 heterocycles. The van der Waals surface area contributed by atoms with Crippen molar-refractivity contribution in [1.82, 2.24) is 15.5 Å². The lowest BCUT2D eigenvalue weighted by Crippen LogP contribution is -2.53. The number of likely N-dealkylation sites (tertiary alicyclic amines) is 1. The summed E-state index contributed by atoms with van der Waals surface area (Å²) >= 11 is 1.22. The van der Waals surface area contributed by atoms with Crippen LogP contribution in [0.4, 0.5) is 13.2 Å². The predicted molar refractivity (Wildman–Crippen MR) is 85.0 cm³/mol. The van der Waals surface area contributed by atoms with Crippen molar-refractivity contribution in [3.05, 3.63) is 22.4 Å². The van der Waals surface area contributed by atoms with Crippen LogP contribution in [0.15, 0.2) is 17.5 Å². The predicted octanol–water partition coefficient (Wildman–Crippen LogP) is 1.54. The molecule has 0 aromatic carbocycles. The summed E-state index contributed by atoms with van der Waals surface area (Å²) in [6.45, 7) is 0.314. The average Bonchev–Trinajstić information content (AvgIpc) is 3.21. The van der Waals surface area contributed by atoms with Crippen molar-refractivity contribution >= 4 is 29.1 Å². The molecule has 1 aromatic heterocycles. The van der Waals surface area contributed by atoms with Crippen LogP contribution in [0.3, 0.4) is 0 Å². The SMILES string of the molecule is C[C@@H](NC(=O)c1cccs1)C(=O)N1CCC[C@@H]1C(=O)NCC(F)(F)F. The van der Waals surface area contributed by atoms with Gasteiger partial charge in [0.2, 0.25) is 11.8 Å². The summed E-state index contributed by atoms with van der Waals surface area (Å²) in [6, 6.07) is 1.48. The van der Waals surface area contributed by atoms with Gasteiger partial charge >= 0.3 is 6.18 Å². The van der Waals surface area contributed by atoms with Crippen LogP contribution in [-0.2, 0) is 9.59 Å². The first kappa shape index (κ1) is 19.2. The van der Waals surface area contributed by atoms with Crippen LogP contribution in [0.5, 0.6) is 0 Å². The lowest BCUT2D eigenvalue weighted by atomic mass is 10.2. The highest BCUT2D eigenvalue weighted by Gasteiger charge is 2.38. The number of hydrogen-bond acceptors (Lipinski definition) is 4. The normalized spacial score (nSPS) is 18.7. The van der Waals surface area contributed by atoms with Crippen molar-refractivity contribution in [3.63, 3.8) is 0 Å². The minimum atomic E-state index is -4.51. The van der Waals surface area contributed by atoms with Crippen molar-refractivity contribution in [1.29, 1.82) is 0 Å². The zero-order valence-corrected chi connectivity index (χ0v) is 14.2. The van der Waals surface area contributed by atoms with E-state index in [1.807, 2.05) is 5.32 Å². The first-order valence-corrected chi connectivity index (χ1v) is 8.56. The second kappa shape index (κ2) is 7.85. The van der Waals surface area contributed by atoms with Crippen molar-refractivity contribution in [3.8, 4) is 0 Å². The minimum absolute atomic E-state index is 0.266. The number of halogens is 3. The second-order valence-corrected chi connectivity index (χ2v) is 6.64. The third-order valence-corrected chi connectivity index (χ3v) is 4.63. The maximum Gasteiger partial charge on any atom is 0.405 e. The van der Waals surface area contributed by atoms with E-state index < -0.39 is 42.5 Å². The van der Waals surface area contributed by atoms with Gasteiger partial charge in [-0.05, 0) is 31.2 Å². The van der Waals surface area contributed by atoms with Crippen LogP contribution in [0.25, 0.3) is 0 Å². The summed E-state index contributed by atoms with van der Waals surface area (Å²) in [5, 5.41) is 6.08. The summed E-state index contributed by atoms with van der Waals surface area (Å²) in [6.07, 6.45) is -3.70. The van der Waals surface area contributed by atoms with Gasteiger partial charge in [0, 0.05) is 6.54 Å². The topological polar surface area (TPSA) is 78.5 Å². The molecular weight excluding hydrogens is 359 g/mol. The average molecular weight is 377 g/mol. The number of nitrogens with one attached hydrogen (secondary N) is 2. The number of hydrogen-bond donors (Lipinski definition) is 2. The lowest BCUT2D eigenvalue weighted by molar-refractivity contribution is -0.145. The van der Waals surface area contributed by atoms with E-state index >= 15 is 0 Å². The summed E-state index contributed by atoms with van der Waals surface area (Å²) in [5.74, 6) is -1.73. The summed E-state index contributed by atoms with van der Waals surface area (Å²) in [7, 11) is 0. The molecule has 1 fully saturated rings. The molecule has 2 N–H and O–H groups in total. The molecular formula is C15H18F3N3O3S. The third kappa shape index (κ3) is 5.18. The van der Waals surface area contributed by atoms with Crippen molar-refractivity contribution in [2.45, 2.75) is 38.0 Å². The zero-order valence-electron chi connectivity index (χ0n) is 13.4. The Balaban J connectivity index is 1.94. The monoisotopic (exact) mass is 377 g/mol. The van der Waals surface area contributed by atoms with E-state index in [4.69, 9.17) is 0 Å². The number of alkyl halides is 3. The molecule has 0 bridgehead atoms. The van der Waals surface area contributed by atoms with E-state index in [1.54, 1.807) is 17.5 Å². The van der Waals surface area contributed by atoms with Crippen LogP contribution >= 0.6 is 11.3 Å². The van der Waals surface area contributed by atoms with Gasteiger partial charge in [-0.3, -0.25) is 14.4 Å². The smallest absolute Gasteiger partial charge is 0.345 e. The van der Waals surface area contributed by atoms with Crippen LogP contribution in [-0.4, -0.2) is 54.0 Å². The second-order valence-electron chi connectivity index (χ2n) is 5.70. The zero-order chi connectivity index (χ0) is 18.6. The number of carbonyl (C=O) groups excluding carboxylic acids is 3. The number of carbonyl (C=O) groups is 3. The highest BCUT2D eigenvalue weighted by atomic mass is 32.1. The van der Waals surface area contributed by atoms with Crippen molar-refractivity contribution < 1.29 is 27.6 Å². The Hall–Kier alpha value is -2.10. The van der Waals surface area contributed by atoms with Gasteiger partial charge < -0.3 is 15.5 Å². The Bertz CT molecular complexity index is 634. The molecule has 0 spiro atoms. The van der Waals surface area contributed by atoms with Crippen LogP contribution < -0.4 is 10.6 Å². The molecule has 1 aliphatic rings. The van der Waals surface area contributed by atoms with E-state index in [1.165, 1.54) is 23.2 Å². The molecule has 10 heteroatoms. The highest BCUT2D eigenvalue weighted by molar-refractivity contribution is 7.12. The highest BCUT2D eigenvalue weighted by Crippen LogP contribution is 2.20. The largest absolute Gasteiger partial charge is 0.405 e. The van der Waals surface area contributed by atoms with Crippen molar-refractivity contribution in [2.75, 3.05) is 13.1 Å². The lowest BCUT2D eigenvalue weighted by Gasteiger charge is -2.27. The van der Waals surface area contributed by atoms with Gasteiger partial charge in [-0.1, -0.05) is 6.07 Å². The first-order chi connectivity index (χ1) is 11.7. The van der Waals surface area contributed by atoms with Gasteiger partial charge in [-0.25, -0.2) is 0 Å². The van der Waals surface area contributed by atoms with E-state index in [-0.39, 0.29) is 6.54 Å². The number of amides is 3. The fourth-order valence-corrected chi connectivity index (χ4v) is 3.22. The maximum absolute atomic E-state index is 12.5. The molecule has 1 saturated heterocycles. The Morgan fingerprint density at radius 1 is 1.40 bits per heavy atom. The Labute approximate surface area is 146 Å². The molecule has 0 saturated carbocycles. The van der Waals surface area contributed by atoms with Gasteiger partial charge in [0.1, 0.15) is 18.6 Å². The molecule has 0 unspecified atom stereocenters. The van der Waals surface area contributed by atoms with Gasteiger partial charge in [-0.15, -0.1) is 11.3 Å². The van der Waals surface area contributed by atoms with Gasteiger partial charge in [-0.2, -0.15) is 13.2 Å². The van der Waals surface area contributed by atoms with E-state index in [0.29, 0.717) is 17.7 Å². The Morgan fingerprint density at radius 2 is 2.12 bits per heavy atom. The molecule has 1 aromatic rings. The van der Waals surface area contributed by atoms with Crippen LogP contribution in [0.2, 0.25) is 0 Å². The number of thiophene rings is 1. The third-order valence-electron chi connectivity index (χ3n) is 3.76. The van der Waals surface area contributed by atoms with Crippen molar-refractivity contribution in [2.24, 2.45) is 0 Å². The molecule has 0 aliphatic carbocycles. The van der Waals surface area contributed by atoms with E-state index in [9.17, 15) is 27.6 Å². The summed E-state index contributed by atoms with van der Waals surface area (Å²) in [4.78, 5) is 38.1. The first-order valence-electron chi connectivity index (χ1n) is 7.68. The van der Waals surface area contributed by atoms with E-state index in [0.717, 1.165) is 0 Å². The fourth-order valence-electron chi connectivity index (χ4n) is 2.59. The molecule has 2 rings (SSSR count). The number of nitrogens with zero attached hydrogens (tertiary/aromatic N) is 1. The molecule has 0 radical (unpaired) electrons. The Kier molecular flexibility index (Phi) is 6.04. The minimum Gasteiger partial charge on any atom is -0.345 e. The molecule has 1 aliphatic heterocycles. The van der Waals surface area contributed by atoms with Gasteiger partial charge in [0.15, 0.2) is 0 Å². The Morgan fingerprint density at radius 3 is 2.72 bits per heavy atom. The number of rotatable bonds is 5. The van der Waals surface area contributed by atoms with Gasteiger partial charge in [0.25, 0.3) is 5.91 Å². The molecule has 25 heavy (non-hydrogen) atoms. The molecule has 3 amide bonds. The quantitative estimate of drug-likeness (QED) is 0.817. The van der Waals surface area contributed by atoms with Gasteiger partial charge in [0.05, 0.1) is 4.88 Å². The van der Waals surface area contributed by atoms with E-state index in [2.05, 4.69) is 5.32 Å². The maximum atomic E-state index is 12.5.